The lowest BCUT2D eigenvalue weighted by atomic mass is 9.76. The van der Waals surface area contributed by atoms with Crippen LogP contribution in [-0.4, -0.2) is 36.6 Å². The van der Waals surface area contributed by atoms with Gasteiger partial charge in [-0.2, -0.15) is 0 Å². The van der Waals surface area contributed by atoms with Crippen molar-refractivity contribution in [2.24, 2.45) is 5.92 Å². The van der Waals surface area contributed by atoms with E-state index in [-0.39, 0.29) is 58.3 Å². The van der Waals surface area contributed by atoms with E-state index >= 15 is 0 Å². The first-order valence-corrected chi connectivity index (χ1v) is 10.7. The summed E-state index contributed by atoms with van der Waals surface area (Å²) < 4.78 is 37.3. The number of benzene rings is 2. The Kier molecular flexibility index (Phi) is 6.44. The summed E-state index contributed by atoms with van der Waals surface area (Å²) in [6.45, 7) is -0.478. The maximum Gasteiger partial charge on any atom is 0.258 e. The van der Waals surface area contributed by atoms with Crippen LogP contribution in [-0.2, 0) is 9.59 Å². The van der Waals surface area contributed by atoms with E-state index in [0.717, 1.165) is 18.9 Å². The molecule has 6 nitrogen and oxygen atoms in total. The molecule has 0 spiro atoms. The van der Waals surface area contributed by atoms with Crippen LogP contribution in [0.15, 0.2) is 36.4 Å². The van der Waals surface area contributed by atoms with Gasteiger partial charge in [0.25, 0.3) is 11.8 Å². The van der Waals surface area contributed by atoms with Crippen LogP contribution in [0.2, 0.25) is 10.0 Å². The van der Waals surface area contributed by atoms with Crippen molar-refractivity contribution in [3.05, 3.63) is 58.1 Å². The van der Waals surface area contributed by atoms with Gasteiger partial charge in [-0.3, -0.25) is 9.59 Å². The number of ether oxygens (including phenoxy) is 2. The van der Waals surface area contributed by atoms with Crippen LogP contribution in [0.5, 0.6) is 11.5 Å². The zero-order valence-electron chi connectivity index (χ0n) is 16.8. The van der Waals surface area contributed by atoms with Crippen molar-refractivity contribution in [3.8, 4) is 11.5 Å². The predicted molar refractivity (Wildman–Crippen MR) is 114 cm³/mol. The molecule has 3 aliphatic rings. The first-order chi connectivity index (χ1) is 15.2. The summed E-state index contributed by atoms with van der Waals surface area (Å²) in [6, 6.07) is 7.76. The highest BCUT2D eigenvalue weighted by molar-refractivity contribution is 6.31. The summed E-state index contributed by atoms with van der Waals surface area (Å²) in [6.07, 6.45) is 2.12. The summed E-state index contributed by atoms with van der Waals surface area (Å²) in [5.74, 6) is -1.03. The van der Waals surface area contributed by atoms with Gasteiger partial charge in [0.2, 0.25) is 0 Å². The van der Waals surface area contributed by atoms with Gasteiger partial charge in [0, 0.05) is 23.7 Å². The van der Waals surface area contributed by atoms with E-state index in [2.05, 4.69) is 10.6 Å². The van der Waals surface area contributed by atoms with Crippen LogP contribution in [0.1, 0.15) is 19.3 Å². The molecule has 3 fully saturated rings. The van der Waals surface area contributed by atoms with Gasteiger partial charge in [0.1, 0.15) is 23.1 Å². The third-order valence-electron chi connectivity index (χ3n) is 5.76. The minimum atomic E-state index is -0.620. The normalized spacial score (nSPS) is 23.2. The fourth-order valence-electron chi connectivity index (χ4n) is 4.32. The molecular weight excluding hydrogens is 465 g/mol. The van der Waals surface area contributed by atoms with Gasteiger partial charge in [0.05, 0.1) is 10.0 Å². The quantitative estimate of drug-likeness (QED) is 0.595. The molecule has 2 bridgehead atoms. The fourth-order valence-corrected chi connectivity index (χ4v) is 4.60. The summed E-state index contributed by atoms with van der Waals surface area (Å²) in [5.41, 5.74) is -0.371. The van der Waals surface area contributed by atoms with Crippen LogP contribution >= 0.6 is 23.2 Å². The van der Waals surface area contributed by atoms with Crippen molar-refractivity contribution >= 4 is 35.0 Å². The molecule has 10 heteroatoms. The highest BCUT2D eigenvalue weighted by atomic mass is 35.5. The molecule has 5 rings (SSSR count). The molecule has 32 heavy (non-hydrogen) atoms. The molecule has 2 aromatic carbocycles. The lowest BCUT2D eigenvalue weighted by molar-refractivity contribution is -0.126. The summed E-state index contributed by atoms with van der Waals surface area (Å²) in [4.78, 5) is 24.5. The van der Waals surface area contributed by atoms with Crippen LogP contribution in [0.3, 0.4) is 0 Å². The molecule has 3 saturated carbocycles. The van der Waals surface area contributed by atoms with Crippen molar-refractivity contribution in [3.63, 3.8) is 0 Å². The predicted octanol–water partition coefficient (Wildman–Crippen LogP) is 3.88. The van der Waals surface area contributed by atoms with Gasteiger partial charge in [0.15, 0.2) is 13.2 Å². The van der Waals surface area contributed by atoms with Gasteiger partial charge in [-0.15, -0.1) is 0 Å². The number of nitrogens with one attached hydrogen (secondary N) is 2. The molecule has 0 aliphatic heterocycles. The third-order valence-corrected chi connectivity index (χ3v) is 6.35. The zero-order valence-corrected chi connectivity index (χ0v) is 18.3. The highest BCUT2D eigenvalue weighted by Crippen LogP contribution is 2.52. The number of halogens is 4. The Balaban J connectivity index is 1.21. The molecule has 1 atom stereocenters. The minimum absolute atomic E-state index is 0.0215. The van der Waals surface area contributed by atoms with Gasteiger partial charge < -0.3 is 20.1 Å². The second kappa shape index (κ2) is 9.11. The first-order valence-electron chi connectivity index (χ1n) is 9.99. The van der Waals surface area contributed by atoms with Crippen LogP contribution in [0.4, 0.5) is 8.78 Å². The lowest BCUT2D eigenvalue weighted by Crippen LogP contribution is -2.53. The molecular formula is C22H20Cl2F2N2O4. The standard InChI is InChI=1S/C22H20Cl2F2N2O4/c23-15-3-1-14(6-18(15)26)31-10-20(29)27-19-9-22(7-12(19)8-22)28-21(30)11-32-13-2-4-17(25)16(24)5-13/h1-6,12,19H,7-11H2,(H,27,29)(H,28,30). The van der Waals surface area contributed by atoms with E-state index in [1.807, 2.05) is 0 Å². The second-order valence-electron chi connectivity index (χ2n) is 8.10. The van der Waals surface area contributed by atoms with Crippen LogP contribution < -0.4 is 20.1 Å². The Morgan fingerprint density at radius 3 is 2.25 bits per heavy atom. The smallest absolute Gasteiger partial charge is 0.258 e. The molecule has 170 valence electrons. The minimum Gasteiger partial charge on any atom is -0.484 e. The molecule has 0 heterocycles. The number of rotatable bonds is 8. The van der Waals surface area contributed by atoms with E-state index in [9.17, 15) is 18.4 Å². The van der Waals surface area contributed by atoms with Crippen LogP contribution in [0.25, 0.3) is 0 Å². The number of carbonyl (C=O) groups is 2. The van der Waals surface area contributed by atoms with Gasteiger partial charge in [-0.25, -0.2) is 8.78 Å². The van der Waals surface area contributed by atoms with Crippen molar-refractivity contribution in [2.45, 2.75) is 30.8 Å². The Hall–Kier alpha value is -2.58. The third kappa shape index (κ3) is 5.07. The van der Waals surface area contributed by atoms with Crippen molar-refractivity contribution in [1.82, 2.24) is 10.6 Å². The molecule has 0 saturated heterocycles. The SMILES string of the molecule is O=C(COc1ccc(Cl)c(F)c1)NC1CC2(NC(=O)COc3ccc(F)c(Cl)c3)CC1C2. The van der Waals surface area contributed by atoms with Gasteiger partial charge >= 0.3 is 0 Å². The summed E-state index contributed by atoms with van der Waals surface area (Å²) >= 11 is 11.3. The molecule has 0 aromatic heterocycles. The fraction of sp³-hybridized carbons (Fsp3) is 0.364. The van der Waals surface area contributed by atoms with Crippen molar-refractivity contribution in [1.29, 1.82) is 0 Å². The van der Waals surface area contributed by atoms with E-state index in [4.69, 9.17) is 32.7 Å². The number of hydrogen-bond acceptors (Lipinski definition) is 4. The van der Waals surface area contributed by atoms with Gasteiger partial charge in [-0.1, -0.05) is 23.2 Å². The Labute approximate surface area is 193 Å². The van der Waals surface area contributed by atoms with Crippen molar-refractivity contribution in [2.75, 3.05) is 13.2 Å². The lowest BCUT2D eigenvalue weighted by Gasteiger charge is -2.39. The Morgan fingerprint density at radius 2 is 1.56 bits per heavy atom. The van der Waals surface area contributed by atoms with E-state index < -0.39 is 11.6 Å². The van der Waals surface area contributed by atoms with E-state index in [1.54, 1.807) is 0 Å². The summed E-state index contributed by atoms with van der Waals surface area (Å²) in [7, 11) is 0. The van der Waals surface area contributed by atoms with Gasteiger partial charge in [-0.05, 0) is 49.4 Å². The number of hydrogen-bond donors (Lipinski definition) is 2. The maximum absolute atomic E-state index is 13.4. The second-order valence-corrected chi connectivity index (χ2v) is 8.92. The monoisotopic (exact) mass is 484 g/mol. The van der Waals surface area contributed by atoms with Crippen LogP contribution in [0, 0.1) is 17.6 Å². The maximum atomic E-state index is 13.4. The van der Waals surface area contributed by atoms with E-state index in [0.29, 0.717) is 12.2 Å². The number of amides is 2. The average Bonchev–Trinajstić information content (AvgIpc) is 3.23. The Bertz CT molecular complexity index is 1050. The number of carbonyl (C=O) groups excluding carboxylic acids is 2. The molecule has 3 aliphatic carbocycles. The largest absolute Gasteiger partial charge is 0.484 e. The van der Waals surface area contributed by atoms with Crippen molar-refractivity contribution < 1.29 is 27.8 Å². The number of fused-ring (bicyclic) bond motifs is 1. The highest BCUT2D eigenvalue weighted by Gasteiger charge is 2.57. The molecule has 1 unspecified atom stereocenters. The molecule has 2 N–H and O–H groups in total. The van der Waals surface area contributed by atoms with E-state index in [1.165, 1.54) is 30.3 Å². The topological polar surface area (TPSA) is 76.7 Å². The Morgan fingerprint density at radius 1 is 0.906 bits per heavy atom. The molecule has 0 radical (unpaired) electrons. The zero-order chi connectivity index (χ0) is 22.9. The first kappa shape index (κ1) is 22.6. The molecule has 2 aromatic rings. The average molecular weight is 485 g/mol. The summed E-state index contributed by atoms with van der Waals surface area (Å²) in [5, 5.41) is 5.80. The molecule has 2 amide bonds.